The largest absolute Gasteiger partial charge is 0.378 e. The summed E-state index contributed by atoms with van der Waals surface area (Å²) in [5.41, 5.74) is 2.30. The fourth-order valence-electron chi connectivity index (χ4n) is 2.47. The third kappa shape index (κ3) is 2.99. The van der Waals surface area contributed by atoms with Gasteiger partial charge in [0.1, 0.15) is 11.6 Å². The van der Waals surface area contributed by atoms with Gasteiger partial charge in [-0.2, -0.15) is 0 Å². The number of rotatable bonds is 4. The van der Waals surface area contributed by atoms with Gasteiger partial charge >= 0.3 is 0 Å². The summed E-state index contributed by atoms with van der Waals surface area (Å²) in [4.78, 5) is 9.25. The molecule has 18 heavy (non-hydrogen) atoms. The Morgan fingerprint density at radius 2 is 2.17 bits per heavy atom. The lowest BCUT2D eigenvalue weighted by molar-refractivity contribution is 0.0156. The van der Waals surface area contributed by atoms with Crippen molar-refractivity contribution in [2.45, 2.75) is 52.1 Å². The number of nitrogens with one attached hydrogen (secondary N) is 1. The van der Waals surface area contributed by atoms with Gasteiger partial charge < -0.3 is 10.1 Å². The molecule has 0 aromatic carbocycles. The van der Waals surface area contributed by atoms with Crippen molar-refractivity contribution in [2.75, 3.05) is 19.0 Å². The molecule has 4 nitrogen and oxygen atoms in total. The van der Waals surface area contributed by atoms with E-state index in [1.807, 2.05) is 7.05 Å². The molecule has 2 rings (SSSR count). The molecule has 1 fully saturated rings. The molecule has 1 aromatic heterocycles. The SMILES string of the molecule is CCc1nc(CC2CCCCO2)nc(NC)c1C. The average Bonchev–Trinajstić information content (AvgIpc) is 2.41. The molecule has 1 N–H and O–H groups in total. The molecule has 1 aliphatic rings. The minimum atomic E-state index is 0.302. The maximum Gasteiger partial charge on any atom is 0.133 e. The van der Waals surface area contributed by atoms with Crippen LogP contribution in [0.5, 0.6) is 0 Å². The summed E-state index contributed by atoms with van der Waals surface area (Å²) in [6.07, 6.45) is 5.66. The third-order valence-electron chi connectivity index (χ3n) is 3.55. The molecule has 4 heteroatoms. The van der Waals surface area contributed by atoms with Crippen LogP contribution in [0.1, 0.15) is 43.3 Å². The summed E-state index contributed by atoms with van der Waals surface area (Å²) in [6, 6.07) is 0. The number of nitrogens with zero attached hydrogens (tertiary/aromatic N) is 2. The average molecular weight is 249 g/mol. The van der Waals surface area contributed by atoms with Crippen LogP contribution in [0.3, 0.4) is 0 Å². The number of aryl methyl sites for hydroxylation is 1. The Hall–Kier alpha value is -1.16. The molecule has 1 unspecified atom stereocenters. The van der Waals surface area contributed by atoms with Gasteiger partial charge in [-0.25, -0.2) is 9.97 Å². The first kappa shape index (κ1) is 13.3. The minimum absolute atomic E-state index is 0.302. The highest BCUT2D eigenvalue weighted by molar-refractivity contribution is 5.45. The fourth-order valence-corrected chi connectivity index (χ4v) is 2.47. The van der Waals surface area contributed by atoms with E-state index in [1.165, 1.54) is 12.8 Å². The minimum Gasteiger partial charge on any atom is -0.378 e. The maximum atomic E-state index is 5.76. The molecule has 1 aliphatic heterocycles. The Balaban J connectivity index is 2.16. The highest BCUT2D eigenvalue weighted by atomic mass is 16.5. The number of hydrogen-bond acceptors (Lipinski definition) is 4. The Kier molecular flexibility index (Phi) is 4.53. The topological polar surface area (TPSA) is 47.0 Å². The molecule has 0 bridgehead atoms. The summed E-state index contributed by atoms with van der Waals surface area (Å²) >= 11 is 0. The van der Waals surface area contributed by atoms with Crippen LogP contribution in [0.15, 0.2) is 0 Å². The van der Waals surface area contributed by atoms with Crippen LogP contribution in [0.25, 0.3) is 0 Å². The molecular formula is C14H23N3O. The summed E-state index contributed by atoms with van der Waals surface area (Å²) in [5, 5.41) is 3.16. The number of anilines is 1. The van der Waals surface area contributed by atoms with Crippen molar-refractivity contribution in [3.63, 3.8) is 0 Å². The molecule has 0 saturated carbocycles. The van der Waals surface area contributed by atoms with Crippen LogP contribution < -0.4 is 5.32 Å². The summed E-state index contributed by atoms with van der Waals surface area (Å²) in [7, 11) is 1.91. The van der Waals surface area contributed by atoms with Crippen molar-refractivity contribution in [2.24, 2.45) is 0 Å². The van der Waals surface area contributed by atoms with E-state index in [-0.39, 0.29) is 0 Å². The summed E-state index contributed by atoms with van der Waals surface area (Å²) in [6.45, 7) is 5.09. The lowest BCUT2D eigenvalue weighted by Gasteiger charge is -2.22. The zero-order valence-electron chi connectivity index (χ0n) is 11.6. The second-order valence-electron chi connectivity index (χ2n) is 4.86. The number of aromatic nitrogens is 2. The van der Waals surface area contributed by atoms with Crippen LogP contribution in [-0.2, 0) is 17.6 Å². The first-order valence-electron chi connectivity index (χ1n) is 6.90. The van der Waals surface area contributed by atoms with Gasteiger partial charge in [0.25, 0.3) is 0 Å². The van der Waals surface area contributed by atoms with E-state index in [0.29, 0.717) is 6.10 Å². The van der Waals surface area contributed by atoms with E-state index in [1.54, 1.807) is 0 Å². The molecular weight excluding hydrogens is 226 g/mol. The van der Waals surface area contributed by atoms with Crippen molar-refractivity contribution in [3.05, 3.63) is 17.1 Å². The zero-order valence-corrected chi connectivity index (χ0v) is 11.6. The quantitative estimate of drug-likeness (QED) is 0.890. The zero-order chi connectivity index (χ0) is 13.0. The van der Waals surface area contributed by atoms with Gasteiger partial charge in [0.2, 0.25) is 0 Å². The fraction of sp³-hybridized carbons (Fsp3) is 0.714. The van der Waals surface area contributed by atoms with Crippen molar-refractivity contribution in [1.29, 1.82) is 0 Å². The first-order valence-corrected chi connectivity index (χ1v) is 6.90. The Bertz CT molecular complexity index is 375. The monoisotopic (exact) mass is 249 g/mol. The van der Waals surface area contributed by atoms with E-state index >= 15 is 0 Å². The molecule has 1 atom stereocenters. The first-order chi connectivity index (χ1) is 8.74. The van der Waals surface area contributed by atoms with E-state index in [2.05, 4.69) is 29.1 Å². The Labute approximate surface area is 109 Å². The third-order valence-corrected chi connectivity index (χ3v) is 3.55. The second kappa shape index (κ2) is 6.14. The van der Waals surface area contributed by atoms with Crippen molar-refractivity contribution in [1.82, 2.24) is 9.97 Å². The van der Waals surface area contributed by atoms with E-state index in [4.69, 9.17) is 4.74 Å². The predicted octanol–water partition coefficient (Wildman–Crippen LogP) is 2.50. The molecule has 0 amide bonds. The lowest BCUT2D eigenvalue weighted by atomic mass is 10.1. The molecule has 0 spiro atoms. The highest BCUT2D eigenvalue weighted by Gasteiger charge is 2.17. The molecule has 0 aliphatic carbocycles. The van der Waals surface area contributed by atoms with Gasteiger partial charge in [0, 0.05) is 31.3 Å². The molecule has 1 aromatic rings. The molecule has 1 saturated heterocycles. The van der Waals surface area contributed by atoms with E-state index in [9.17, 15) is 0 Å². The normalized spacial score (nSPS) is 19.8. The van der Waals surface area contributed by atoms with Gasteiger partial charge in [-0.05, 0) is 32.6 Å². The van der Waals surface area contributed by atoms with Crippen molar-refractivity contribution >= 4 is 5.82 Å². The molecule has 0 radical (unpaired) electrons. The Morgan fingerprint density at radius 3 is 2.78 bits per heavy atom. The van der Waals surface area contributed by atoms with Gasteiger partial charge in [-0.1, -0.05) is 6.92 Å². The number of ether oxygens (including phenoxy) is 1. The van der Waals surface area contributed by atoms with Gasteiger partial charge in [0.15, 0.2) is 0 Å². The standard InChI is InChI=1S/C14H23N3O/c1-4-12-10(2)14(15-3)17-13(16-12)9-11-7-5-6-8-18-11/h11H,4-9H2,1-3H3,(H,15,16,17). The second-order valence-corrected chi connectivity index (χ2v) is 4.86. The van der Waals surface area contributed by atoms with Crippen molar-refractivity contribution < 1.29 is 4.74 Å². The lowest BCUT2D eigenvalue weighted by Crippen LogP contribution is -2.23. The van der Waals surface area contributed by atoms with Crippen LogP contribution in [0.4, 0.5) is 5.82 Å². The van der Waals surface area contributed by atoms with E-state index in [0.717, 1.165) is 48.8 Å². The van der Waals surface area contributed by atoms with Crippen LogP contribution in [-0.4, -0.2) is 29.7 Å². The van der Waals surface area contributed by atoms with E-state index < -0.39 is 0 Å². The van der Waals surface area contributed by atoms with Crippen LogP contribution in [0, 0.1) is 6.92 Å². The van der Waals surface area contributed by atoms with Gasteiger partial charge in [-0.3, -0.25) is 0 Å². The predicted molar refractivity (Wildman–Crippen MR) is 73.0 cm³/mol. The molecule has 2 heterocycles. The molecule has 100 valence electrons. The number of hydrogen-bond donors (Lipinski definition) is 1. The highest BCUT2D eigenvalue weighted by Crippen LogP contribution is 2.19. The smallest absolute Gasteiger partial charge is 0.133 e. The maximum absolute atomic E-state index is 5.76. The van der Waals surface area contributed by atoms with Gasteiger partial charge in [0.05, 0.1) is 6.10 Å². The Morgan fingerprint density at radius 1 is 1.33 bits per heavy atom. The van der Waals surface area contributed by atoms with Crippen LogP contribution >= 0.6 is 0 Å². The summed E-state index contributed by atoms with van der Waals surface area (Å²) in [5.74, 6) is 1.86. The van der Waals surface area contributed by atoms with Crippen LogP contribution in [0.2, 0.25) is 0 Å². The van der Waals surface area contributed by atoms with Gasteiger partial charge in [-0.15, -0.1) is 0 Å². The summed E-state index contributed by atoms with van der Waals surface area (Å²) < 4.78 is 5.76. The van der Waals surface area contributed by atoms with Crippen molar-refractivity contribution in [3.8, 4) is 0 Å².